The second-order valence-electron chi connectivity index (χ2n) is 6.15. The number of piperidine rings is 1. The maximum absolute atomic E-state index is 12.6. The Kier molecular flexibility index (Phi) is 4.35. The van der Waals surface area contributed by atoms with Crippen molar-refractivity contribution in [2.45, 2.75) is 43.2 Å². The van der Waals surface area contributed by atoms with Gasteiger partial charge in [-0.15, -0.1) is 0 Å². The molecule has 3 amide bonds. The number of fused-ring (bicyclic) bond motifs is 1. The molecule has 1 N–H and O–H groups in total. The van der Waals surface area contributed by atoms with Crippen LogP contribution in [0.5, 0.6) is 0 Å². The molecule has 2 aliphatic heterocycles. The van der Waals surface area contributed by atoms with Crippen LogP contribution in [0.2, 0.25) is 0 Å². The smallest absolute Gasteiger partial charge is 0.312 e. The maximum Gasteiger partial charge on any atom is 0.328 e. The zero-order chi connectivity index (χ0) is 17.5. The van der Waals surface area contributed by atoms with Crippen LogP contribution in [0.25, 0.3) is 0 Å². The van der Waals surface area contributed by atoms with E-state index in [1.165, 1.54) is 24.1 Å². The molecule has 24 heavy (non-hydrogen) atoms. The molecule has 0 aromatic heterocycles. The zero-order valence-corrected chi connectivity index (χ0v) is 14.5. The molecule has 2 aliphatic rings. The Hall–Kier alpha value is -1.93. The SMILES string of the molecule is CNS(=O)(=O)c1cccc([C@H](C)N2C(=O)[C@H]3CCCCN3C2=O)c1. The van der Waals surface area contributed by atoms with Crippen molar-refractivity contribution in [1.29, 1.82) is 0 Å². The summed E-state index contributed by atoms with van der Waals surface area (Å²) in [5, 5.41) is 0. The summed E-state index contributed by atoms with van der Waals surface area (Å²) in [6, 6.07) is 5.19. The van der Waals surface area contributed by atoms with Gasteiger partial charge in [0.1, 0.15) is 6.04 Å². The molecule has 1 aromatic carbocycles. The van der Waals surface area contributed by atoms with Crippen LogP contribution in [0, 0.1) is 0 Å². The highest BCUT2D eigenvalue weighted by Gasteiger charge is 2.47. The van der Waals surface area contributed by atoms with Crippen LogP contribution in [0.15, 0.2) is 29.2 Å². The number of rotatable bonds is 4. The van der Waals surface area contributed by atoms with Crippen molar-refractivity contribution >= 4 is 22.0 Å². The maximum atomic E-state index is 12.6. The first-order valence-corrected chi connectivity index (χ1v) is 9.52. The molecule has 0 spiro atoms. The Balaban J connectivity index is 1.92. The van der Waals surface area contributed by atoms with E-state index in [0.717, 1.165) is 12.8 Å². The molecule has 2 heterocycles. The quantitative estimate of drug-likeness (QED) is 0.832. The van der Waals surface area contributed by atoms with Gasteiger partial charge in [0, 0.05) is 6.54 Å². The fourth-order valence-corrected chi connectivity index (χ4v) is 4.16. The number of imide groups is 1. The van der Waals surface area contributed by atoms with Gasteiger partial charge in [0.05, 0.1) is 10.9 Å². The number of hydrogen-bond acceptors (Lipinski definition) is 4. The average Bonchev–Trinajstić information content (AvgIpc) is 2.86. The first-order chi connectivity index (χ1) is 11.4. The molecule has 0 saturated carbocycles. The van der Waals surface area contributed by atoms with E-state index < -0.39 is 16.1 Å². The van der Waals surface area contributed by atoms with E-state index in [0.29, 0.717) is 18.5 Å². The summed E-state index contributed by atoms with van der Waals surface area (Å²) in [5.74, 6) is -0.186. The molecule has 2 fully saturated rings. The van der Waals surface area contributed by atoms with Crippen LogP contribution < -0.4 is 4.72 Å². The van der Waals surface area contributed by atoms with E-state index in [-0.39, 0.29) is 22.9 Å². The van der Waals surface area contributed by atoms with Gasteiger partial charge >= 0.3 is 6.03 Å². The van der Waals surface area contributed by atoms with Crippen LogP contribution >= 0.6 is 0 Å². The Morgan fingerprint density at radius 3 is 2.67 bits per heavy atom. The first-order valence-electron chi connectivity index (χ1n) is 8.04. The molecule has 0 unspecified atom stereocenters. The number of carbonyl (C=O) groups is 2. The highest BCUT2D eigenvalue weighted by Crippen LogP contribution is 2.33. The van der Waals surface area contributed by atoms with Gasteiger partial charge in [-0.1, -0.05) is 12.1 Å². The number of hydrogen-bond donors (Lipinski definition) is 1. The van der Waals surface area contributed by atoms with E-state index in [2.05, 4.69) is 4.72 Å². The number of urea groups is 1. The van der Waals surface area contributed by atoms with Gasteiger partial charge in [-0.25, -0.2) is 17.9 Å². The molecule has 2 atom stereocenters. The molecule has 8 heteroatoms. The summed E-state index contributed by atoms with van der Waals surface area (Å²) in [5.41, 5.74) is 0.618. The summed E-state index contributed by atoms with van der Waals surface area (Å²) in [4.78, 5) is 28.3. The Morgan fingerprint density at radius 1 is 1.25 bits per heavy atom. The van der Waals surface area contributed by atoms with Gasteiger partial charge in [0.15, 0.2) is 0 Å². The fraction of sp³-hybridized carbons (Fsp3) is 0.500. The number of nitrogens with zero attached hydrogens (tertiary/aromatic N) is 2. The average molecular weight is 351 g/mol. The van der Waals surface area contributed by atoms with Crippen molar-refractivity contribution in [3.8, 4) is 0 Å². The normalized spacial score (nSPS) is 22.7. The van der Waals surface area contributed by atoms with Crippen LogP contribution in [0.4, 0.5) is 4.79 Å². The van der Waals surface area contributed by atoms with Crippen LogP contribution in [-0.4, -0.2) is 49.8 Å². The molecule has 0 bridgehead atoms. The number of sulfonamides is 1. The van der Waals surface area contributed by atoms with Crippen molar-refractivity contribution in [3.05, 3.63) is 29.8 Å². The molecule has 0 radical (unpaired) electrons. The van der Waals surface area contributed by atoms with Gasteiger partial charge in [0.25, 0.3) is 5.91 Å². The zero-order valence-electron chi connectivity index (χ0n) is 13.7. The summed E-state index contributed by atoms with van der Waals surface area (Å²) in [6.45, 7) is 2.35. The molecule has 0 aliphatic carbocycles. The third kappa shape index (κ3) is 2.69. The Bertz CT molecular complexity index is 753. The number of amides is 3. The topological polar surface area (TPSA) is 86.8 Å². The predicted molar refractivity (Wildman–Crippen MR) is 87.7 cm³/mol. The predicted octanol–water partition coefficient (Wildman–Crippen LogP) is 1.47. The molecule has 130 valence electrons. The van der Waals surface area contributed by atoms with Gasteiger partial charge in [-0.05, 0) is 50.9 Å². The second-order valence-corrected chi connectivity index (χ2v) is 8.04. The van der Waals surface area contributed by atoms with E-state index in [1.807, 2.05) is 0 Å². The summed E-state index contributed by atoms with van der Waals surface area (Å²) in [7, 11) is -2.23. The molecule has 7 nitrogen and oxygen atoms in total. The molecule has 1 aromatic rings. The molecule has 3 rings (SSSR count). The fourth-order valence-electron chi connectivity index (χ4n) is 3.38. The van der Waals surface area contributed by atoms with E-state index in [9.17, 15) is 18.0 Å². The lowest BCUT2D eigenvalue weighted by Gasteiger charge is -2.26. The van der Waals surface area contributed by atoms with Crippen LogP contribution in [-0.2, 0) is 14.8 Å². The highest BCUT2D eigenvalue weighted by molar-refractivity contribution is 7.89. The Labute approximate surface area is 141 Å². The van der Waals surface area contributed by atoms with E-state index in [4.69, 9.17) is 0 Å². The van der Waals surface area contributed by atoms with Gasteiger partial charge in [-0.2, -0.15) is 0 Å². The third-order valence-corrected chi connectivity index (χ3v) is 6.20. The van der Waals surface area contributed by atoms with Gasteiger partial charge < -0.3 is 4.90 Å². The lowest BCUT2D eigenvalue weighted by atomic mass is 10.0. The number of nitrogens with one attached hydrogen (secondary N) is 1. The monoisotopic (exact) mass is 351 g/mol. The standard InChI is InChI=1S/C16H21N3O4S/c1-11(12-6-5-7-13(10-12)24(22,23)17-2)19-15(20)14-8-3-4-9-18(14)16(19)21/h5-7,10-11,14,17H,3-4,8-9H2,1-2H3/t11-,14+/m0/s1. The largest absolute Gasteiger partial charge is 0.328 e. The summed E-state index contributed by atoms with van der Waals surface area (Å²) < 4.78 is 26.2. The van der Waals surface area contributed by atoms with Crippen molar-refractivity contribution in [2.75, 3.05) is 13.6 Å². The molecular formula is C16H21N3O4S. The van der Waals surface area contributed by atoms with Crippen LogP contribution in [0.3, 0.4) is 0 Å². The van der Waals surface area contributed by atoms with Crippen molar-refractivity contribution in [1.82, 2.24) is 14.5 Å². The minimum absolute atomic E-state index is 0.117. The lowest BCUT2D eigenvalue weighted by molar-refractivity contribution is -0.130. The van der Waals surface area contributed by atoms with Crippen molar-refractivity contribution in [3.63, 3.8) is 0 Å². The summed E-state index contributed by atoms with van der Waals surface area (Å²) >= 11 is 0. The lowest BCUT2D eigenvalue weighted by Crippen LogP contribution is -2.39. The minimum Gasteiger partial charge on any atom is -0.312 e. The van der Waals surface area contributed by atoms with Crippen molar-refractivity contribution < 1.29 is 18.0 Å². The Morgan fingerprint density at radius 2 is 2.00 bits per heavy atom. The first kappa shape index (κ1) is 16.9. The number of benzene rings is 1. The van der Waals surface area contributed by atoms with Gasteiger partial charge in [-0.3, -0.25) is 9.69 Å². The van der Waals surface area contributed by atoms with Crippen molar-refractivity contribution in [2.24, 2.45) is 0 Å². The highest BCUT2D eigenvalue weighted by atomic mass is 32.2. The molecular weight excluding hydrogens is 330 g/mol. The van der Waals surface area contributed by atoms with Gasteiger partial charge in [0.2, 0.25) is 10.0 Å². The minimum atomic E-state index is -3.57. The summed E-state index contributed by atoms with van der Waals surface area (Å²) in [6.07, 6.45) is 2.55. The van der Waals surface area contributed by atoms with Crippen LogP contribution in [0.1, 0.15) is 37.8 Å². The second kappa shape index (κ2) is 6.18. The third-order valence-electron chi connectivity index (χ3n) is 4.78. The van der Waals surface area contributed by atoms with E-state index >= 15 is 0 Å². The molecule has 2 saturated heterocycles. The number of carbonyl (C=O) groups excluding carboxylic acids is 2. The van der Waals surface area contributed by atoms with E-state index in [1.54, 1.807) is 24.0 Å².